The van der Waals surface area contributed by atoms with Crippen molar-refractivity contribution < 1.29 is 19.1 Å². The van der Waals surface area contributed by atoms with Crippen molar-refractivity contribution in [2.75, 3.05) is 33.4 Å². The van der Waals surface area contributed by atoms with Gasteiger partial charge in [-0.05, 0) is 62.4 Å². The van der Waals surface area contributed by atoms with Gasteiger partial charge in [0.25, 0.3) is 5.91 Å². The Kier molecular flexibility index (Phi) is 7.95. The molecule has 0 bridgehead atoms. The number of hydrogen-bond acceptors (Lipinski definition) is 5. The SMILES string of the molecule is CCNC(=O)COc1ccc(CNC(=O)C2CC23CCNCC3)cc1OC.Cl. The zero-order valence-electron chi connectivity index (χ0n) is 16.5. The third-order valence-electron chi connectivity index (χ3n) is 5.53. The normalized spacial score (nSPS) is 19.3. The zero-order chi connectivity index (χ0) is 19.3. The maximum atomic E-state index is 12.5. The number of carbonyl (C=O) groups excluding carboxylic acids is 2. The van der Waals surface area contributed by atoms with Gasteiger partial charge in [-0.1, -0.05) is 6.07 Å². The van der Waals surface area contributed by atoms with E-state index in [2.05, 4.69) is 16.0 Å². The molecule has 0 aromatic heterocycles. The summed E-state index contributed by atoms with van der Waals surface area (Å²) < 4.78 is 10.9. The highest BCUT2D eigenvalue weighted by atomic mass is 35.5. The van der Waals surface area contributed by atoms with Gasteiger partial charge in [0.05, 0.1) is 7.11 Å². The summed E-state index contributed by atoms with van der Waals surface area (Å²) in [6, 6.07) is 5.48. The molecule has 1 spiro atoms. The number of methoxy groups -OCH3 is 1. The lowest BCUT2D eigenvalue weighted by molar-refractivity contribution is -0.124. The molecule has 28 heavy (non-hydrogen) atoms. The van der Waals surface area contributed by atoms with Crippen LogP contribution in [0.2, 0.25) is 0 Å². The van der Waals surface area contributed by atoms with Gasteiger partial charge in [-0.2, -0.15) is 0 Å². The van der Waals surface area contributed by atoms with Crippen molar-refractivity contribution in [3.63, 3.8) is 0 Å². The lowest BCUT2D eigenvalue weighted by atomic mass is 9.92. The Morgan fingerprint density at radius 3 is 2.64 bits per heavy atom. The monoisotopic (exact) mass is 411 g/mol. The van der Waals surface area contributed by atoms with Crippen molar-refractivity contribution in [2.24, 2.45) is 11.3 Å². The first-order valence-corrected chi connectivity index (χ1v) is 9.63. The number of carbonyl (C=O) groups is 2. The summed E-state index contributed by atoms with van der Waals surface area (Å²) in [7, 11) is 1.56. The van der Waals surface area contributed by atoms with Gasteiger partial charge in [-0.3, -0.25) is 9.59 Å². The molecule has 1 unspecified atom stereocenters. The van der Waals surface area contributed by atoms with Gasteiger partial charge in [0.2, 0.25) is 5.91 Å². The van der Waals surface area contributed by atoms with Gasteiger partial charge in [0.1, 0.15) is 0 Å². The molecule has 1 aliphatic heterocycles. The average molecular weight is 412 g/mol. The molecule has 3 rings (SSSR count). The van der Waals surface area contributed by atoms with E-state index in [9.17, 15) is 9.59 Å². The van der Waals surface area contributed by atoms with Crippen molar-refractivity contribution in [3.05, 3.63) is 23.8 Å². The lowest BCUT2D eigenvalue weighted by Crippen LogP contribution is -2.33. The van der Waals surface area contributed by atoms with Crippen molar-refractivity contribution in [1.29, 1.82) is 0 Å². The molecule has 2 aliphatic rings. The minimum atomic E-state index is -0.174. The fourth-order valence-corrected chi connectivity index (χ4v) is 3.84. The second-order valence-corrected chi connectivity index (χ2v) is 7.31. The smallest absolute Gasteiger partial charge is 0.257 e. The highest BCUT2D eigenvalue weighted by molar-refractivity contribution is 5.85. The van der Waals surface area contributed by atoms with Gasteiger partial charge >= 0.3 is 0 Å². The summed E-state index contributed by atoms with van der Waals surface area (Å²) in [5.74, 6) is 1.18. The van der Waals surface area contributed by atoms with Gasteiger partial charge in [0, 0.05) is 19.0 Å². The number of nitrogens with one attached hydrogen (secondary N) is 3. The number of likely N-dealkylation sites (N-methyl/N-ethyl adjacent to an activating group) is 1. The Labute approximate surface area is 172 Å². The third kappa shape index (κ3) is 5.29. The number of halogens is 1. The van der Waals surface area contributed by atoms with Gasteiger partial charge in [-0.25, -0.2) is 0 Å². The molecule has 2 amide bonds. The standard InChI is InChI=1S/C20H29N3O4.ClH/c1-3-22-18(24)13-27-16-5-4-14(10-17(16)26-2)12-23-19(25)15-11-20(15)6-8-21-9-7-20;/h4-5,10,15,21H,3,6-9,11-13H2,1-2H3,(H,22,24)(H,23,25);1H. The van der Waals surface area contributed by atoms with Crippen LogP contribution in [0.3, 0.4) is 0 Å². The van der Waals surface area contributed by atoms with Gasteiger partial charge < -0.3 is 25.4 Å². The molecule has 1 saturated carbocycles. The summed E-state index contributed by atoms with van der Waals surface area (Å²) in [5.41, 5.74) is 1.18. The zero-order valence-corrected chi connectivity index (χ0v) is 17.3. The molecule has 1 aromatic rings. The van der Waals surface area contributed by atoms with Crippen molar-refractivity contribution in [1.82, 2.24) is 16.0 Å². The van der Waals surface area contributed by atoms with Crippen LogP contribution in [0.1, 0.15) is 31.7 Å². The molecular weight excluding hydrogens is 382 g/mol. The third-order valence-corrected chi connectivity index (χ3v) is 5.53. The fourth-order valence-electron chi connectivity index (χ4n) is 3.84. The highest BCUT2D eigenvalue weighted by Gasteiger charge is 2.57. The summed E-state index contributed by atoms with van der Waals surface area (Å²) in [6.45, 7) is 4.85. The van der Waals surface area contributed by atoms with Crippen molar-refractivity contribution in [3.8, 4) is 11.5 Å². The molecule has 2 fully saturated rings. The van der Waals surface area contributed by atoms with Crippen molar-refractivity contribution >= 4 is 24.2 Å². The number of amides is 2. The van der Waals surface area contributed by atoms with E-state index in [-0.39, 0.29) is 42.2 Å². The second-order valence-electron chi connectivity index (χ2n) is 7.31. The summed E-state index contributed by atoms with van der Waals surface area (Å²) >= 11 is 0. The van der Waals surface area contributed by atoms with E-state index in [1.54, 1.807) is 13.2 Å². The minimum Gasteiger partial charge on any atom is -0.493 e. The molecular formula is C20H30ClN3O4. The molecule has 156 valence electrons. The number of rotatable bonds is 8. The predicted molar refractivity (Wildman–Crippen MR) is 109 cm³/mol. The average Bonchev–Trinajstić information content (AvgIpc) is 3.38. The topological polar surface area (TPSA) is 88.7 Å². The van der Waals surface area contributed by atoms with Gasteiger partial charge in [-0.15, -0.1) is 12.4 Å². The Hall–Kier alpha value is -1.99. The number of benzene rings is 1. The molecule has 0 radical (unpaired) electrons. The predicted octanol–water partition coefficient (Wildman–Crippen LogP) is 1.64. The molecule has 7 nitrogen and oxygen atoms in total. The molecule has 1 saturated heterocycles. The van der Waals surface area contributed by atoms with Crippen LogP contribution in [0.25, 0.3) is 0 Å². The van der Waals surface area contributed by atoms with E-state index in [1.165, 1.54) is 0 Å². The maximum absolute atomic E-state index is 12.5. The first kappa shape index (κ1) is 22.3. The highest BCUT2D eigenvalue weighted by Crippen LogP contribution is 2.58. The maximum Gasteiger partial charge on any atom is 0.257 e. The summed E-state index contributed by atoms with van der Waals surface area (Å²) in [4.78, 5) is 24.0. The van der Waals surface area contributed by atoms with Crippen LogP contribution in [0.4, 0.5) is 0 Å². The van der Waals surface area contributed by atoms with E-state index in [0.29, 0.717) is 24.6 Å². The Morgan fingerprint density at radius 2 is 1.96 bits per heavy atom. The largest absolute Gasteiger partial charge is 0.493 e. The van der Waals surface area contributed by atoms with Crippen LogP contribution in [0.5, 0.6) is 11.5 Å². The van der Waals surface area contributed by atoms with E-state index in [1.807, 2.05) is 19.1 Å². The molecule has 8 heteroatoms. The van der Waals surface area contributed by atoms with Crippen LogP contribution >= 0.6 is 12.4 Å². The fraction of sp³-hybridized carbons (Fsp3) is 0.600. The number of hydrogen-bond donors (Lipinski definition) is 3. The molecule has 1 aliphatic carbocycles. The summed E-state index contributed by atoms with van der Waals surface area (Å²) in [6.07, 6.45) is 3.20. The first-order valence-electron chi connectivity index (χ1n) is 9.63. The molecule has 1 heterocycles. The molecule has 1 aromatic carbocycles. The lowest BCUT2D eigenvalue weighted by Gasteiger charge is -2.23. The Morgan fingerprint density at radius 1 is 1.21 bits per heavy atom. The first-order chi connectivity index (χ1) is 13.1. The van der Waals surface area contributed by atoms with Crippen LogP contribution < -0.4 is 25.4 Å². The number of ether oxygens (including phenoxy) is 2. The van der Waals surface area contributed by atoms with E-state index in [0.717, 1.165) is 37.9 Å². The van der Waals surface area contributed by atoms with E-state index in [4.69, 9.17) is 9.47 Å². The van der Waals surface area contributed by atoms with Gasteiger partial charge in [0.15, 0.2) is 18.1 Å². The van der Waals surface area contributed by atoms with Crippen molar-refractivity contribution in [2.45, 2.75) is 32.7 Å². The quantitative estimate of drug-likeness (QED) is 0.605. The van der Waals surface area contributed by atoms with Crippen LogP contribution in [-0.2, 0) is 16.1 Å². The molecule has 1 atom stereocenters. The van der Waals surface area contributed by atoms with Crippen LogP contribution in [0.15, 0.2) is 18.2 Å². The van der Waals surface area contributed by atoms with Crippen LogP contribution in [-0.4, -0.2) is 45.2 Å². The summed E-state index contributed by atoms with van der Waals surface area (Å²) in [5, 5.41) is 9.09. The minimum absolute atomic E-state index is 0. The van der Waals surface area contributed by atoms with E-state index >= 15 is 0 Å². The number of piperidine rings is 1. The molecule has 3 N–H and O–H groups in total. The second kappa shape index (κ2) is 9.98. The Bertz CT molecular complexity index is 692. The Balaban J connectivity index is 0.00000280. The van der Waals surface area contributed by atoms with E-state index < -0.39 is 0 Å². The van der Waals surface area contributed by atoms with Crippen LogP contribution in [0, 0.1) is 11.3 Å².